The van der Waals surface area contributed by atoms with Crippen LogP contribution < -0.4 is 0 Å². The van der Waals surface area contributed by atoms with Crippen molar-refractivity contribution in [2.45, 2.75) is 25.9 Å². The van der Waals surface area contributed by atoms with Crippen molar-refractivity contribution in [3.63, 3.8) is 0 Å². The van der Waals surface area contributed by atoms with Crippen molar-refractivity contribution in [1.29, 1.82) is 0 Å². The highest BCUT2D eigenvalue weighted by Crippen LogP contribution is 2.30. The van der Waals surface area contributed by atoms with Gasteiger partial charge in [-0.1, -0.05) is 36.4 Å². The molecule has 1 atom stereocenters. The molecule has 0 radical (unpaired) electrons. The Morgan fingerprint density at radius 3 is 2.04 bits per heavy atom. The molecule has 1 aliphatic heterocycles. The second kappa shape index (κ2) is 7.83. The highest BCUT2D eigenvalue weighted by molar-refractivity contribution is 5.94. The van der Waals surface area contributed by atoms with Crippen LogP contribution in [0.3, 0.4) is 0 Å². The van der Waals surface area contributed by atoms with E-state index >= 15 is 0 Å². The number of nitrogens with zero attached hydrogens (tertiary/aromatic N) is 2. The van der Waals surface area contributed by atoms with E-state index in [0.717, 1.165) is 54.4 Å². The maximum Gasteiger partial charge on any atom is 0.253 e. The molecule has 4 nitrogen and oxygen atoms in total. The molecule has 0 spiro atoms. The summed E-state index contributed by atoms with van der Waals surface area (Å²) in [5, 5.41) is 9.62. The minimum Gasteiger partial charge on any atom is -0.389 e. The van der Waals surface area contributed by atoms with E-state index in [-0.39, 0.29) is 5.91 Å². The molecule has 27 heavy (non-hydrogen) atoms. The number of carbonyl (C=O) groups is 1. The average Bonchev–Trinajstić information content (AvgIpc) is 3.52. The molecule has 1 amide bonds. The molecule has 1 N–H and O–H groups in total. The van der Waals surface area contributed by atoms with Crippen molar-refractivity contribution < 1.29 is 9.90 Å². The lowest BCUT2D eigenvalue weighted by Crippen LogP contribution is -2.49. The summed E-state index contributed by atoms with van der Waals surface area (Å²) in [5.41, 5.74) is 3.84. The molecule has 0 aromatic heterocycles. The lowest BCUT2D eigenvalue weighted by Gasteiger charge is -2.34. The molecule has 1 saturated carbocycles. The van der Waals surface area contributed by atoms with Crippen molar-refractivity contribution in [2.75, 3.05) is 32.7 Å². The first-order chi connectivity index (χ1) is 13.1. The third kappa shape index (κ3) is 4.40. The van der Waals surface area contributed by atoms with E-state index < -0.39 is 6.10 Å². The van der Waals surface area contributed by atoms with Gasteiger partial charge in [-0.3, -0.25) is 9.69 Å². The van der Waals surface area contributed by atoms with Crippen LogP contribution >= 0.6 is 0 Å². The van der Waals surface area contributed by atoms with E-state index in [0.29, 0.717) is 0 Å². The summed E-state index contributed by atoms with van der Waals surface area (Å²) in [6, 6.07) is 15.8. The lowest BCUT2D eigenvalue weighted by atomic mass is 10.0. The van der Waals surface area contributed by atoms with E-state index in [1.807, 2.05) is 53.4 Å². The first kappa shape index (κ1) is 18.2. The van der Waals surface area contributed by atoms with Gasteiger partial charge in [0.2, 0.25) is 0 Å². The Kier molecular flexibility index (Phi) is 5.28. The van der Waals surface area contributed by atoms with Crippen LogP contribution in [0, 0.1) is 5.92 Å². The van der Waals surface area contributed by atoms with Crippen LogP contribution in [0.5, 0.6) is 0 Å². The van der Waals surface area contributed by atoms with Gasteiger partial charge in [0.25, 0.3) is 5.91 Å². The summed E-state index contributed by atoms with van der Waals surface area (Å²) in [6.07, 6.45) is 2.31. The van der Waals surface area contributed by atoms with Crippen LogP contribution in [-0.4, -0.2) is 53.5 Å². The zero-order chi connectivity index (χ0) is 18.8. The third-order valence-corrected chi connectivity index (χ3v) is 5.73. The zero-order valence-electron chi connectivity index (χ0n) is 16.0. The second-order valence-corrected chi connectivity index (χ2v) is 7.91. The number of aliphatic hydroxyl groups excluding tert-OH is 1. The number of benzene rings is 2. The van der Waals surface area contributed by atoms with Gasteiger partial charge >= 0.3 is 0 Å². The molecule has 4 rings (SSSR count). The van der Waals surface area contributed by atoms with Crippen molar-refractivity contribution >= 4 is 5.91 Å². The number of hydrogen-bond acceptors (Lipinski definition) is 3. The van der Waals surface area contributed by atoms with Gasteiger partial charge in [0.15, 0.2) is 0 Å². The van der Waals surface area contributed by atoms with Gasteiger partial charge in [-0.15, -0.1) is 0 Å². The Balaban J connectivity index is 1.37. The summed E-state index contributed by atoms with van der Waals surface area (Å²) in [6.45, 7) is 6.62. The standard InChI is InChI=1S/C23H28N2O2/c1-17(26)19-4-6-20(7-5-19)21-8-10-22(11-9-21)23(27)25-14-12-24(13-15-25)16-18-2-3-18/h4-11,17-18,26H,2-3,12-16H2,1H3. The van der Waals surface area contributed by atoms with Gasteiger partial charge in [-0.25, -0.2) is 0 Å². The molecule has 2 aliphatic rings. The molecule has 1 aliphatic carbocycles. The van der Waals surface area contributed by atoms with Crippen LogP contribution in [0.2, 0.25) is 0 Å². The molecule has 1 heterocycles. The number of aliphatic hydroxyl groups is 1. The van der Waals surface area contributed by atoms with Crippen molar-refractivity contribution in [2.24, 2.45) is 5.92 Å². The van der Waals surface area contributed by atoms with E-state index in [1.54, 1.807) is 6.92 Å². The molecular weight excluding hydrogens is 336 g/mol. The fraction of sp³-hybridized carbons (Fsp3) is 0.435. The van der Waals surface area contributed by atoms with Crippen molar-refractivity contribution in [3.05, 3.63) is 59.7 Å². The molecule has 142 valence electrons. The van der Waals surface area contributed by atoms with E-state index in [1.165, 1.54) is 19.4 Å². The first-order valence-corrected chi connectivity index (χ1v) is 10.0. The summed E-state index contributed by atoms with van der Waals surface area (Å²) in [7, 11) is 0. The van der Waals surface area contributed by atoms with Crippen LogP contribution in [0.15, 0.2) is 48.5 Å². The number of carbonyl (C=O) groups excluding carboxylic acids is 1. The average molecular weight is 364 g/mol. The minimum absolute atomic E-state index is 0.136. The summed E-state index contributed by atoms with van der Waals surface area (Å²) < 4.78 is 0. The van der Waals surface area contributed by atoms with Crippen LogP contribution in [0.4, 0.5) is 0 Å². The number of rotatable bonds is 5. The molecule has 4 heteroatoms. The van der Waals surface area contributed by atoms with E-state index in [4.69, 9.17) is 0 Å². The van der Waals surface area contributed by atoms with E-state index in [2.05, 4.69) is 4.90 Å². The molecule has 1 saturated heterocycles. The molecule has 1 unspecified atom stereocenters. The topological polar surface area (TPSA) is 43.8 Å². The quantitative estimate of drug-likeness (QED) is 0.882. The Morgan fingerprint density at radius 2 is 1.52 bits per heavy atom. The Hall–Kier alpha value is -2.17. The highest BCUT2D eigenvalue weighted by atomic mass is 16.3. The smallest absolute Gasteiger partial charge is 0.253 e. The van der Waals surface area contributed by atoms with Gasteiger partial charge in [0, 0.05) is 38.3 Å². The summed E-state index contributed by atoms with van der Waals surface area (Å²) in [4.78, 5) is 17.3. The number of piperazine rings is 1. The normalized spacial score (nSPS) is 19.1. The van der Waals surface area contributed by atoms with Gasteiger partial charge < -0.3 is 10.0 Å². The minimum atomic E-state index is -0.455. The fourth-order valence-corrected chi connectivity index (χ4v) is 3.74. The van der Waals surface area contributed by atoms with Crippen LogP contribution in [-0.2, 0) is 0 Å². The summed E-state index contributed by atoms with van der Waals surface area (Å²) >= 11 is 0. The summed E-state index contributed by atoms with van der Waals surface area (Å²) in [5.74, 6) is 1.05. The lowest BCUT2D eigenvalue weighted by molar-refractivity contribution is 0.0632. The van der Waals surface area contributed by atoms with E-state index in [9.17, 15) is 9.90 Å². The molecule has 2 aromatic rings. The van der Waals surface area contributed by atoms with Gasteiger partial charge in [0.1, 0.15) is 0 Å². The third-order valence-electron chi connectivity index (χ3n) is 5.73. The van der Waals surface area contributed by atoms with Crippen molar-refractivity contribution in [3.8, 4) is 11.1 Å². The number of hydrogen-bond donors (Lipinski definition) is 1. The van der Waals surface area contributed by atoms with Crippen LogP contribution in [0.25, 0.3) is 11.1 Å². The molecular formula is C23H28N2O2. The van der Waals surface area contributed by atoms with Crippen molar-refractivity contribution in [1.82, 2.24) is 9.80 Å². The fourth-order valence-electron chi connectivity index (χ4n) is 3.74. The maximum absolute atomic E-state index is 12.8. The Morgan fingerprint density at radius 1 is 0.963 bits per heavy atom. The van der Waals surface area contributed by atoms with Crippen LogP contribution in [0.1, 0.15) is 41.8 Å². The van der Waals surface area contributed by atoms with Gasteiger partial charge in [-0.2, -0.15) is 0 Å². The largest absolute Gasteiger partial charge is 0.389 e. The number of amides is 1. The second-order valence-electron chi connectivity index (χ2n) is 7.91. The monoisotopic (exact) mass is 364 g/mol. The Labute approximate surface area is 161 Å². The highest BCUT2D eigenvalue weighted by Gasteiger charge is 2.27. The predicted molar refractivity (Wildman–Crippen MR) is 108 cm³/mol. The maximum atomic E-state index is 12.8. The molecule has 2 fully saturated rings. The van der Waals surface area contributed by atoms with Gasteiger partial charge in [0.05, 0.1) is 6.10 Å². The predicted octanol–water partition coefficient (Wildman–Crippen LogP) is 3.57. The van der Waals surface area contributed by atoms with Gasteiger partial charge in [-0.05, 0) is 54.5 Å². The SMILES string of the molecule is CC(O)c1ccc(-c2ccc(C(=O)N3CCN(CC4CC4)CC3)cc2)cc1. The molecule has 0 bridgehead atoms. The molecule has 2 aromatic carbocycles. The first-order valence-electron chi connectivity index (χ1n) is 10.0. The Bertz CT molecular complexity index is 771. The zero-order valence-corrected chi connectivity index (χ0v) is 16.0.